The summed E-state index contributed by atoms with van der Waals surface area (Å²) in [5.41, 5.74) is 1.46. The molecule has 0 saturated carbocycles. The highest BCUT2D eigenvalue weighted by molar-refractivity contribution is 8.14. The van der Waals surface area contributed by atoms with Gasteiger partial charge in [0.05, 0.1) is 6.04 Å². The number of halogens is 3. The van der Waals surface area contributed by atoms with Crippen LogP contribution in [0.2, 0.25) is 0 Å². The van der Waals surface area contributed by atoms with Crippen LogP contribution in [0.25, 0.3) is 0 Å². The van der Waals surface area contributed by atoms with E-state index in [0.717, 1.165) is 53.8 Å². The lowest BCUT2D eigenvalue weighted by molar-refractivity contribution is -0.274. The first-order valence-corrected chi connectivity index (χ1v) is 10.3. The van der Waals surface area contributed by atoms with E-state index in [9.17, 15) is 22.8 Å². The summed E-state index contributed by atoms with van der Waals surface area (Å²) in [7, 11) is 0. The largest absolute Gasteiger partial charge is 0.573 e. The molecule has 0 spiro atoms. The Kier molecular flexibility index (Phi) is 5.77. The summed E-state index contributed by atoms with van der Waals surface area (Å²) in [5, 5.41) is 5.77. The molecule has 0 bridgehead atoms. The SMILES string of the molecule is O=C(NC(=O)c1ccc(OC(F)(F)F)cc1)Nc1cccc([C@H]2CN3CCSC3=N2)c1. The average molecular weight is 450 g/mol. The molecule has 11 heteroatoms. The fourth-order valence-corrected chi connectivity index (χ4v) is 4.30. The lowest BCUT2D eigenvalue weighted by Gasteiger charge is -2.14. The zero-order valence-corrected chi connectivity index (χ0v) is 16.8. The zero-order chi connectivity index (χ0) is 22.0. The van der Waals surface area contributed by atoms with Crippen molar-refractivity contribution in [2.24, 2.45) is 4.99 Å². The quantitative estimate of drug-likeness (QED) is 0.736. The van der Waals surface area contributed by atoms with Gasteiger partial charge in [-0.05, 0) is 42.0 Å². The van der Waals surface area contributed by atoms with E-state index >= 15 is 0 Å². The van der Waals surface area contributed by atoms with Gasteiger partial charge in [0.2, 0.25) is 0 Å². The van der Waals surface area contributed by atoms with Crippen LogP contribution in [0, 0.1) is 0 Å². The summed E-state index contributed by atoms with van der Waals surface area (Å²) < 4.78 is 40.4. The summed E-state index contributed by atoms with van der Waals surface area (Å²) in [6, 6.07) is 10.7. The number of imide groups is 1. The van der Waals surface area contributed by atoms with Gasteiger partial charge in [-0.1, -0.05) is 23.9 Å². The number of alkyl halides is 3. The summed E-state index contributed by atoms with van der Waals surface area (Å²) in [4.78, 5) is 31.3. The molecule has 0 radical (unpaired) electrons. The normalized spacial score (nSPS) is 17.7. The van der Waals surface area contributed by atoms with Crippen molar-refractivity contribution in [3.05, 3.63) is 59.7 Å². The number of amidine groups is 1. The second-order valence-corrected chi connectivity index (χ2v) is 7.89. The molecule has 2 aliphatic rings. The van der Waals surface area contributed by atoms with Crippen LogP contribution in [0.4, 0.5) is 23.7 Å². The summed E-state index contributed by atoms with van der Waals surface area (Å²) in [6.07, 6.45) is -4.82. The van der Waals surface area contributed by atoms with Gasteiger partial charge in [0, 0.05) is 30.1 Å². The molecule has 4 rings (SSSR count). The smallest absolute Gasteiger partial charge is 0.406 e. The molecular formula is C20H17F3N4O3S. The number of thioether (sulfide) groups is 1. The lowest BCUT2D eigenvalue weighted by Crippen LogP contribution is -2.34. The number of nitrogens with zero attached hydrogens (tertiary/aromatic N) is 2. The number of fused-ring (bicyclic) bond motifs is 1. The van der Waals surface area contributed by atoms with E-state index in [-0.39, 0.29) is 11.6 Å². The molecule has 0 aliphatic carbocycles. The number of hydrogen-bond donors (Lipinski definition) is 2. The van der Waals surface area contributed by atoms with E-state index in [1.807, 2.05) is 6.07 Å². The molecule has 7 nitrogen and oxygen atoms in total. The van der Waals surface area contributed by atoms with E-state index in [1.165, 1.54) is 0 Å². The van der Waals surface area contributed by atoms with Gasteiger partial charge < -0.3 is 15.0 Å². The average Bonchev–Trinajstić information content (AvgIpc) is 3.29. The van der Waals surface area contributed by atoms with E-state index in [4.69, 9.17) is 4.99 Å². The number of ether oxygens (including phenoxy) is 1. The number of benzene rings is 2. The van der Waals surface area contributed by atoms with E-state index < -0.39 is 24.1 Å². The molecule has 1 atom stereocenters. The highest BCUT2D eigenvalue weighted by Gasteiger charge is 2.31. The molecule has 1 saturated heterocycles. The zero-order valence-electron chi connectivity index (χ0n) is 16.0. The Hall–Kier alpha value is -3.21. The molecule has 2 N–H and O–H groups in total. The molecule has 162 valence electrons. The molecule has 31 heavy (non-hydrogen) atoms. The summed E-state index contributed by atoms with van der Waals surface area (Å²) in [5.74, 6) is -0.175. The maximum Gasteiger partial charge on any atom is 0.573 e. The fourth-order valence-electron chi connectivity index (χ4n) is 3.25. The topological polar surface area (TPSA) is 83.0 Å². The Morgan fingerprint density at radius 1 is 1.16 bits per heavy atom. The van der Waals surface area contributed by atoms with Crippen molar-refractivity contribution in [1.29, 1.82) is 0 Å². The van der Waals surface area contributed by atoms with Crippen molar-refractivity contribution in [3.8, 4) is 5.75 Å². The number of urea groups is 1. The third kappa shape index (κ3) is 5.29. The van der Waals surface area contributed by atoms with E-state index in [1.54, 1.807) is 30.0 Å². The second-order valence-electron chi connectivity index (χ2n) is 6.83. The van der Waals surface area contributed by atoms with Gasteiger partial charge in [0.25, 0.3) is 5.91 Å². The van der Waals surface area contributed by atoms with Crippen molar-refractivity contribution in [3.63, 3.8) is 0 Å². The van der Waals surface area contributed by atoms with Crippen LogP contribution in [-0.4, -0.2) is 47.2 Å². The van der Waals surface area contributed by atoms with Gasteiger partial charge in [0.1, 0.15) is 5.75 Å². The number of amides is 3. The first kappa shape index (κ1) is 21.0. The van der Waals surface area contributed by atoms with Crippen molar-refractivity contribution >= 4 is 34.6 Å². The number of carbonyl (C=O) groups excluding carboxylic acids is 2. The first-order chi connectivity index (χ1) is 14.8. The third-order valence-corrected chi connectivity index (χ3v) is 5.64. The highest BCUT2D eigenvalue weighted by atomic mass is 32.2. The Labute approximate surface area is 179 Å². The minimum Gasteiger partial charge on any atom is -0.406 e. The van der Waals surface area contributed by atoms with Crippen LogP contribution >= 0.6 is 11.8 Å². The third-order valence-electron chi connectivity index (χ3n) is 4.63. The van der Waals surface area contributed by atoms with Crippen molar-refractivity contribution in [2.75, 3.05) is 24.2 Å². The molecule has 2 aromatic carbocycles. The monoisotopic (exact) mass is 450 g/mol. The predicted molar refractivity (Wildman–Crippen MR) is 110 cm³/mol. The lowest BCUT2D eigenvalue weighted by atomic mass is 10.1. The predicted octanol–water partition coefficient (Wildman–Crippen LogP) is 4.01. The maximum atomic E-state index is 12.2. The molecule has 3 amide bonds. The van der Waals surface area contributed by atoms with Crippen molar-refractivity contribution in [2.45, 2.75) is 12.4 Å². The van der Waals surface area contributed by atoms with Gasteiger partial charge in [-0.3, -0.25) is 15.1 Å². The van der Waals surface area contributed by atoms with E-state index in [0.29, 0.717) is 5.69 Å². The molecule has 0 unspecified atom stereocenters. The van der Waals surface area contributed by atoms with Crippen LogP contribution in [0.1, 0.15) is 22.0 Å². The minimum atomic E-state index is -4.82. The Balaban J connectivity index is 1.34. The van der Waals surface area contributed by atoms with Gasteiger partial charge >= 0.3 is 12.4 Å². The van der Waals surface area contributed by atoms with Gasteiger partial charge in [0.15, 0.2) is 5.17 Å². The standard InChI is InChI=1S/C20H17F3N4O3S/c21-20(22,23)30-15-6-4-12(5-7-15)17(28)26-18(29)24-14-3-1-2-13(10-14)16-11-27-8-9-31-19(27)25-16/h1-7,10,16H,8-9,11H2,(H2,24,26,28,29)/t16-/m1/s1. The number of hydrogen-bond acceptors (Lipinski definition) is 6. The minimum absolute atomic E-state index is 0.00771. The number of nitrogens with one attached hydrogen (secondary N) is 2. The molecule has 2 aliphatic heterocycles. The van der Waals surface area contributed by atoms with Crippen molar-refractivity contribution < 1.29 is 27.5 Å². The Bertz CT molecular complexity index is 1030. The molecule has 2 aromatic rings. The van der Waals surface area contributed by atoms with Gasteiger partial charge in [-0.2, -0.15) is 0 Å². The Morgan fingerprint density at radius 2 is 1.94 bits per heavy atom. The first-order valence-electron chi connectivity index (χ1n) is 9.30. The molecule has 0 aromatic heterocycles. The maximum absolute atomic E-state index is 12.2. The highest BCUT2D eigenvalue weighted by Crippen LogP contribution is 2.33. The number of anilines is 1. The van der Waals surface area contributed by atoms with Gasteiger partial charge in [-0.25, -0.2) is 4.79 Å². The Morgan fingerprint density at radius 3 is 2.65 bits per heavy atom. The van der Waals surface area contributed by atoms with E-state index in [2.05, 4.69) is 20.3 Å². The number of aliphatic imine (C=N–C) groups is 1. The summed E-state index contributed by atoms with van der Waals surface area (Å²) in [6.45, 7) is 1.77. The fraction of sp³-hybridized carbons (Fsp3) is 0.250. The number of carbonyl (C=O) groups is 2. The van der Waals surface area contributed by atoms with Crippen LogP contribution in [0.3, 0.4) is 0 Å². The van der Waals surface area contributed by atoms with Crippen LogP contribution in [0.15, 0.2) is 53.5 Å². The molecular weight excluding hydrogens is 433 g/mol. The molecule has 2 heterocycles. The molecule has 1 fully saturated rings. The number of rotatable bonds is 4. The second kappa shape index (κ2) is 8.50. The van der Waals surface area contributed by atoms with Crippen molar-refractivity contribution in [1.82, 2.24) is 10.2 Å². The van der Waals surface area contributed by atoms with Crippen LogP contribution in [0.5, 0.6) is 5.75 Å². The van der Waals surface area contributed by atoms with Crippen LogP contribution in [-0.2, 0) is 0 Å². The van der Waals surface area contributed by atoms with Gasteiger partial charge in [-0.15, -0.1) is 13.2 Å². The van der Waals surface area contributed by atoms with Crippen LogP contribution < -0.4 is 15.4 Å². The summed E-state index contributed by atoms with van der Waals surface area (Å²) >= 11 is 1.73.